The van der Waals surface area contributed by atoms with Gasteiger partial charge in [0, 0.05) is 24.5 Å². The minimum Gasteiger partial charge on any atom is -0.303 e. The van der Waals surface area contributed by atoms with Crippen molar-refractivity contribution in [1.82, 2.24) is 15.1 Å². The number of H-pyrrole nitrogens is 1. The number of hydrogen-bond donors (Lipinski definition) is 1. The Balaban J connectivity index is 1.83. The number of halogens is 1. The van der Waals surface area contributed by atoms with Crippen molar-refractivity contribution in [3.05, 3.63) is 18.0 Å². The van der Waals surface area contributed by atoms with Gasteiger partial charge in [0.25, 0.3) is 0 Å². The van der Waals surface area contributed by atoms with Gasteiger partial charge in [-0.2, -0.15) is 5.10 Å². The molecule has 2 heterocycles. The van der Waals surface area contributed by atoms with E-state index in [1.165, 1.54) is 18.7 Å². The standard InChI is InChI=1S/C10H16ClN3/c11-4-1-6-14-7-3-9(8-14)10-2-5-12-13-10/h2,5,9H,1,3-4,6-8H2,(H,12,13). The number of hydrogen-bond acceptors (Lipinski definition) is 2. The lowest BCUT2D eigenvalue weighted by atomic mass is 10.1. The smallest absolute Gasteiger partial charge is 0.0666 e. The SMILES string of the molecule is ClCCCN1CCC(c2cc[nH]n2)C1. The van der Waals surface area contributed by atoms with Gasteiger partial charge in [-0.1, -0.05) is 0 Å². The first-order valence-electron chi connectivity index (χ1n) is 5.18. The van der Waals surface area contributed by atoms with Gasteiger partial charge >= 0.3 is 0 Å². The summed E-state index contributed by atoms with van der Waals surface area (Å²) >= 11 is 5.67. The van der Waals surface area contributed by atoms with Gasteiger partial charge in [0.1, 0.15) is 0 Å². The molecule has 1 aromatic heterocycles. The monoisotopic (exact) mass is 213 g/mol. The van der Waals surface area contributed by atoms with Crippen molar-refractivity contribution in [2.24, 2.45) is 0 Å². The molecule has 0 saturated carbocycles. The quantitative estimate of drug-likeness (QED) is 0.774. The van der Waals surface area contributed by atoms with E-state index in [2.05, 4.69) is 21.2 Å². The summed E-state index contributed by atoms with van der Waals surface area (Å²) < 4.78 is 0. The molecule has 1 fully saturated rings. The number of aromatic nitrogens is 2. The zero-order valence-electron chi connectivity index (χ0n) is 8.25. The minimum atomic E-state index is 0.622. The van der Waals surface area contributed by atoms with Gasteiger partial charge in [0.15, 0.2) is 0 Å². The van der Waals surface area contributed by atoms with Gasteiger partial charge < -0.3 is 4.90 Å². The maximum Gasteiger partial charge on any atom is 0.0666 e. The topological polar surface area (TPSA) is 31.9 Å². The average molecular weight is 214 g/mol. The molecule has 14 heavy (non-hydrogen) atoms. The Labute approximate surface area is 89.4 Å². The van der Waals surface area contributed by atoms with E-state index in [1.54, 1.807) is 0 Å². The van der Waals surface area contributed by atoms with Crippen molar-refractivity contribution in [2.45, 2.75) is 18.8 Å². The number of nitrogens with zero attached hydrogens (tertiary/aromatic N) is 2. The summed E-state index contributed by atoms with van der Waals surface area (Å²) in [5.74, 6) is 1.39. The second-order valence-electron chi connectivity index (χ2n) is 3.83. The van der Waals surface area contributed by atoms with Crippen LogP contribution in [0.5, 0.6) is 0 Å². The minimum absolute atomic E-state index is 0.622. The van der Waals surface area contributed by atoms with Crippen LogP contribution in [0, 0.1) is 0 Å². The fourth-order valence-corrected chi connectivity index (χ4v) is 2.18. The van der Waals surface area contributed by atoms with E-state index < -0.39 is 0 Å². The average Bonchev–Trinajstić information content (AvgIpc) is 2.85. The Bertz CT molecular complexity index is 260. The predicted octanol–water partition coefficient (Wildman–Crippen LogP) is 1.83. The molecule has 1 N–H and O–H groups in total. The van der Waals surface area contributed by atoms with E-state index in [-0.39, 0.29) is 0 Å². The maximum absolute atomic E-state index is 5.67. The molecule has 1 saturated heterocycles. The lowest BCUT2D eigenvalue weighted by Gasteiger charge is -2.13. The first-order valence-corrected chi connectivity index (χ1v) is 5.71. The van der Waals surface area contributed by atoms with Crippen molar-refractivity contribution in [1.29, 1.82) is 0 Å². The molecule has 78 valence electrons. The molecule has 0 amide bonds. The zero-order valence-corrected chi connectivity index (χ0v) is 9.00. The lowest BCUT2D eigenvalue weighted by Crippen LogP contribution is -2.21. The third-order valence-electron chi connectivity index (χ3n) is 2.82. The largest absolute Gasteiger partial charge is 0.303 e. The lowest BCUT2D eigenvalue weighted by molar-refractivity contribution is 0.335. The predicted molar refractivity (Wildman–Crippen MR) is 57.7 cm³/mol. The summed E-state index contributed by atoms with van der Waals surface area (Å²) in [6.45, 7) is 3.46. The molecule has 0 aromatic carbocycles. The van der Waals surface area contributed by atoms with Crippen LogP contribution in [0.3, 0.4) is 0 Å². The number of nitrogens with one attached hydrogen (secondary N) is 1. The van der Waals surface area contributed by atoms with Crippen molar-refractivity contribution in [3.63, 3.8) is 0 Å². The third-order valence-corrected chi connectivity index (χ3v) is 3.09. The second kappa shape index (κ2) is 4.80. The number of aromatic amines is 1. The van der Waals surface area contributed by atoms with Gasteiger partial charge in [-0.05, 0) is 32.0 Å². The number of likely N-dealkylation sites (tertiary alicyclic amines) is 1. The first kappa shape index (κ1) is 9.99. The first-order chi connectivity index (χ1) is 6.90. The van der Waals surface area contributed by atoms with E-state index in [4.69, 9.17) is 11.6 Å². The molecule has 4 heteroatoms. The Morgan fingerprint density at radius 1 is 1.64 bits per heavy atom. The molecular weight excluding hydrogens is 198 g/mol. The normalized spacial score (nSPS) is 23.1. The molecule has 1 aliphatic rings. The zero-order chi connectivity index (χ0) is 9.80. The van der Waals surface area contributed by atoms with Crippen LogP contribution < -0.4 is 0 Å². The summed E-state index contributed by atoms with van der Waals surface area (Å²) in [6, 6.07) is 2.08. The summed E-state index contributed by atoms with van der Waals surface area (Å²) in [6.07, 6.45) is 4.22. The highest BCUT2D eigenvalue weighted by Gasteiger charge is 2.24. The second-order valence-corrected chi connectivity index (χ2v) is 4.21. The molecule has 1 unspecified atom stereocenters. The van der Waals surface area contributed by atoms with Crippen molar-refractivity contribution >= 4 is 11.6 Å². The van der Waals surface area contributed by atoms with E-state index in [0.29, 0.717) is 5.92 Å². The summed E-state index contributed by atoms with van der Waals surface area (Å²) in [7, 11) is 0. The van der Waals surface area contributed by atoms with Crippen LogP contribution in [0.4, 0.5) is 0 Å². The Hall–Kier alpha value is -0.540. The van der Waals surface area contributed by atoms with Crippen LogP contribution >= 0.6 is 11.6 Å². The molecule has 0 radical (unpaired) electrons. The Kier molecular flexibility index (Phi) is 3.43. The van der Waals surface area contributed by atoms with Crippen molar-refractivity contribution in [2.75, 3.05) is 25.5 Å². The summed E-state index contributed by atoms with van der Waals surface area (Å²) in [4.78, 5) is 2.47. The summed E-state index contributed by atoms with van der Waals surface area (Å²) in [5, 5.41) is 7.11. The highest BCUT2D eigenvalue weighted by Crippen LogP contribution is 2.25. The summed E-state index contributed by atoms with van der Waals surface area (Å²) in [5.41, 5.74) is 1.21. The Morgan fingerprint density at radius 3 is 3.29 bits per heavy atom. The van der Waals surface area contributed by atoms with Crippen LogP contribution in [0.25, 0.3) is 0 Å². The highest BCUT2D eigenvalue weighted by atomic mass is 35.5. The van der Waals surface area contributed by atoms with Crippen molar-refractivity contribution < 1.29 is 0 Å². The maximum atomic E-state index is 5.67. The van der Waals surface area contributed by atoms with Crippen LogP contribution in [-0.4, -0.2) is 40.6 Å². The fraction of sp³-hybridized carbons (Fsp3) is 0.700. The molecule has 3 nitrogen and oxygen atoms in total. The van der Waals surface area contributed by atoms with Crippen LogP contribution in [0.15, 0.2) is 12.3 Å². The van der Waals surface area contributed by atoms with E-state index in [1.807, 2.05) is 6.20 Å². The fourth-order valence-electron chi connectivity index (χ4n) is 2.06. The van der Waals surface area contributed by atoms with Crippen LogP contribution in [0.1, 0.15) is 24.5 Å². The van der Waals surface area contributed by atoms with Gasteiger partial charge in [0.05, 0.1) is 5.69 Å². The Morgan fingerprint density at radius 2 is 2.57 bits per heavy atom. The third kappa shape index (κ3) is 2.28. The van der Waals surface area contributed by atoms with Gasteiger partial charge in [-0.3, -0.25) is 5.10 Å². The van der Waals surface area contributed by atoms with Crippen molar-refractivity contribution in [3.8, 4) is 0 Å². The van der Waals surface area contributed by atoms with Crippen LogP contribution in [0.2, 0.25) is 0 Å². The molecule has 0 bridgehead atoms. The van der Waals surface area contributed by atoms with E-state index in [0.717, 1.165) is 25.4 Å². The molecule has 1 aliphatic heterocycles. The van der Waals surface area contributed by atoms with Gasteiger partial charge in [-0.15, -0.1) is 11.6 Å². The molecule has 1 aromatic rings. The number of alkyl halides is 1. The van der Waals surface area contributed by atoms with Gasteiger partial charge in [-0.25, -0.2) is 0 Å². The molecule has 1 atom stereocenters. The van der Waals surface area contributed by atoms with E-state index in [9.17, 15) is 0 Å². The van der Waals surface area contributed by atoms with Crippen LogP contribution in [-0.2, 0) is 0 Å². The molecular formula is C10H16ClN3. The highest BCUT2D eigenvalue weighted by molar-refractivity contribution is 6.17. The number of rotatable bonds is 4. The molecule has 0 spiro atoms. The molecule has 2 rings (SSSR count). The molecule has 0 aliphatic carbocycles. The van der Waals surface area contributed by atoms with Gasteiger partial charge in [0.2, 0.25) is 0 Å². The van der Waals surface area contributed by atoms with E-state index >= 15 is 0 Å².